The van der Waals surface area contributed by atoms with Gasteiger partial charge >= 0.3 is 0 Å². The number of hydrazine groups is 1. The molecular formula is C3H9IN4S. The lowest BCUT2D eigenvalue weighted by molar-refractivity contribution is -0.00000205. The SMILES string of the molecule is CN1N=N[S+](C)N1C.[I-]. The second-order valence-corrected chi connectivity index (χ2v) is 3.16. The third-order valence-corrected chi connectivity index (χ3v) is 2.38. The lowest BCUT2D eigenvalue weighted by Crippen LogP contribution is -3.00. The Bertz CT molecular complexity index is 106. The number of hydrogen-bond donors (Lipinski definition) is 0. The van der Waals surface area contributed by atoms with Crippen molar-refractivity contribution in [2.24, 2.45) is 9.74 Å². The Morgan fingerprint density at radius 3 is 2.00 bits per heavy atom. The normalized spacial score (nSPS) is 26.6. The van der Waals surface area contributed by atoms with E-state index in [-0.39, 0.29) is 35.2 Å². The van der Waals surface area contributed by atoms with Gasteiger partial charge in [-0.15, -0.1) is 0 Å². The molecule has 1 atom stereocenters. The summed E-state index contributed by atoms with van der Waals surface area (Å²) in [7, 11) is 3.84. The molecule has 0 aliphatic carbocycles. The van der Waals surface area contributed by atoms with Crippen LogP contribution < -0.4 is 24.0 Å². The van der Waals surface area contributed by atoms with Crippen molar-refractivity contribution in [1.29, 1.82) is 0 Å². The Morgan fingerprint density at radius 2 is 1.89 bits per heavy atom. The molecule has 0 saturated heterocycles. The highest BCUT2D eigenvalue weighted by Gasteiger charge is 2.29. The Labute approximate surface area is 74.9 Å². The first-order valence-corrected chi connectivity index (χ1v) is 3.81. The molecule has 0 bridgehead atoms. The molecule has 0 aromatic carbocycles. The third-order valence-electron chi connectivity index (χ3n) is 1.07. The van der Waals surface area contributed by atoms with Crippen LogP contribution in [0, 0.1) is 0 Å². The molecule has 1 rings (SSSR count). The van der Waals surface area contributed by atoms with Crippen LogP contribution in [0.1, 0.15) is 0 Å². The molecule has 54 valence electrons. The van der Waals surface area contributed by atoms with Gasteiger partial charge < -0.3 is 24.0 Å². The minimum absolute atomic E-state index is 0. The molecule has 0 aromatic rings. The molecule has 0 fully saturated rings. The molecule has 0 saturated carbocycles. The minimum atomic E-state index is -0.0301. The van der Waals surface area contributed by atoms with Crippen LogP contribution in [-0.4, -0.2) is 29.9 Å². The molecule has 0 N–H and O–H groups in total. The van der Waals surface area contributed by atoms with Gasteiger partial charge in [-0.05, 0) is 5.22 Å². The summed E-state index contributed by atoms with van der Waals surface area (Å²) in [5, 5.41) is 5.52. The van der Waals surface area contributed by atoms with Crippen LogP contribution in [0.3, 0.4) is 0 Å². The molecule has 9 heavy (non-hydrogen) atoms. The summed E-state index contributed by atoms with van der Waals surface area (Å²) >= 11 is -0.0301. The van der Waals surface area contributed by atoms with Gasteiger partial charge in [-0.25, -0.2) is 0 Å². The van der Waals surface area contributed by atoms with E-state index in [9.17, 15) is 0 Å². The fourth-order valence-corrected chi connectivity index (χ4v) is 1.08. The first-order valence-electron chi connectivity index (χ1n) is 2.27. The van der Waals surface area contributed by atoms with Crippen LogP contribution in [0.25, 0.3) is 0 Å². The average molecular weight is 260 g/mol. The van der Waals surface area contributed by atoms with Crippen molar-refractivity contribution in [3.8, 4) is 0 Å². The molecular weight excluding hydrogens is 251 g/mol. The second-order valence-electron chi connectivity index (χ2n) is 1.57. The van der Waals surface area contributed by atoms with Gasteiger partial charge in [0, 0.05) is 11.5 Å². The van der Waals surface area contributed by atoms with Crippen LogP contribution in [0.2, 0.25) is 0 Å². The van der Waals surface area contributed by atoms with Crippen LogP contribution in [-0.2, 0) is 11.3 Å². The summed E-state index contributed by atoms with van der Waals surface area (Å²) in [6.45, 7) is 0. The van der Waals surface area contributed by atoms with Crippen molar-refractivity contribution in [3.63, 3.8) is 0 Å². The lowest BCUT2D eigenvalue weighted by Gasteiger charge is -2.07. The van der Waals surface area contributed by atoms with Gasteiger partial charge in [0.2, 0.25) is 0 Å². The van der Waals surface area contributed by atoms with E-state index >= 15 is 0 Å². The summed E-state index contributed by atoms with van der Waals surface area (Å²) in [4.78, 5) is 0. The lowest BCUT2D eigenvalue weighted by atomic mass is 11.3. The maximum Gasteiger partial charge on any atom is 0.262 e. The Kier molecular flexibility index (Phi) is 3.74. The van der Waals surface area contributed by atoms with Crippen molar-refractivity contribution in [1.82, 2.24) is 9.53 Å². The van der Waals surface area contributed by atoms with Gasteiger partial charge in [0.15, 0.2) is 6.26 Å². The predicted octanol–water partition coefficient (Wildman–Crippen LogP) is -2.77. The first-order chi connectivity index (χ1) is 3.72. The number of hydrogen-bond acceptors (Lipinski definition) is 4. The summed E-state index contributed by atoms with van der Waals surface area (Å²) in [5.74, 6) is 0. The van der Waals surface area contributed by atoms with E-state index in [1.807, 2.05) is 24.8 Å². The maximum absolute atomic E-state index is 3.90. The highest BCUT2D eigenvalue weighted by molar-refractivity contribution is 7.92. The highest BCUT2D eigenvalue weighted by Crippen LogP contribution is 2.11. The molecule has 0 radical (unpaired) electrons. The zero-order chi connectivity index (χ0) is 6.15. The Hall–Kier alpha value is 0.440. The van der Waals surface area contributed by atoms with E-state index in [1.165, 1.54) is 0 Å². The van der Waals surface area contributed by atoms with Crippen LogP contribution in [0.5, 0.6) is 0 Å². The van der Waals surface area contributed by atoms with Crippen LogP contribution in [0.4, 0.5) is 0 Å². The van der Waals surface area contributed by atoms with E-state index < -0.39 is 0 Å². The van der Waals surface area contributed by atoms with Gasteiger partial charge in [-0.2, -0.15) is 5.12 Å². The fourth-order valence-electron chi connectivity index (χ4n) is 0.386. The highest BCUT2D eigenvalue weighted by atomic mass is 127. The number of halogens is 1. The van der Waals surface area contributed by atoms with Gasteiger partial charge in [0.05, 0.1) is 11.6 Å². The molecule has 1 aliphatic rings. The summed E-state index contributed by atoms with van der Waals surface area (Å²) in [6.07, 6.45) is 2.02. The minimum Gasteiger partial charge on any atom is -1.00 e. The van der Waals surface area contributed by atoms with Gasteiger partial charge in [-0.3, -0.25) is 0 Å². The van der Waals surface area contributed by atoms with Crippen LogP contribution in [0.15, 0.2) is 9.74 Å². The third kappa shape index (κ3) is 1.94. The Balaban J connectivity index is 0.000000640. The van der Waals surface area contributed by atoms with E-state index in [0.717, 1.165) is 0 Å². The van der Waals surface area contributed by atoms with Crippen molar-refractivity contribution in [2.45, 2.75) is 0 Å². The van der Waals surface area contributed by atoms with Crippen molar-refractivity contribution in [3.05, 3.63) is 0 Å². The Morgan fingerprint density at radius 1 is 1.33 bits per heavy atom. The zero-order valence-electron chi connectivity index (χ0n) is 5.58. The average Bonchev–Trinajstić information content (AvgIpc) is 1.98. The largest absolute Gasteiger partial charge is 1.00 e. The molecule has 0 aromatic heterocycles. The topological polar surface area (TPSA) is 31.2 Å². The molecule has 1 unspecified atom stereocenters. The quantitative estimate of drug-likeness (QED) is 0.349. The summed E-state index contributed by atoms with van der Waals surface area (Å²) < 4.78 is 5.88. The van der Waals surface area contributed by atoms with E-state index in [0.29, 0.717) is 0 Å². The van der Waals surface area contributed by atoms with Crippen molar-refractivity contribution >= 4 is 11.3 Å². The predicted molar refractivity (Wildman–Crippen MR) is 33.7 cm³/mol. The molecule has 0 amide bonds. The van der Waals surface area contributed by atoms with Gasteiger partial charge in [0.1, 0.15) is 0 Å². The monoisotopic (exact) mass is 260 g/mol. The smallest absolute Gasteiger partial charge is 0.262 e. The van der Waals surface area contributed by atoms with Gasteiger partial charge in [-0.1, -0.05) is 0 Å². The van der Waals surface area contributed by atoms with Crippen molar-refractivity contribution in [2.75, 3.05) is 20.4 Å². The maximum atomic E-state index is 3.90. The molecule has 0 spiro atoms. The second kappa shape index (κ2) is 3.57. The number of rotatable bonds is 0. The molecule has 1 heterocycles. The summed E-state index contributed by atoms with van der Waals surface area (Å²) in [5.41, 5.74) is 0. The molecule has 1 aliphatic heterocycles. The van der Waals surface area contributed by atoms with Gasteiger partial charge in [0.25, 0.3) is 11.3 Å². The molecule has 4 nitrogen and oxygen atoms in total. The molecule has 6 heteroatoms. The first kappa shape index (κ1) is 9.44. The van der Waals surface area contributed by atoms with Crippen molar-refractivity contribution < 1.29 is 24.0 Å². The summed E-state index contributed by atoms with van der Waals surface area (Å²) in [6, 6.07) is 0. The zero-order valence-corrected chi connectivity index (χ0v) is 8.55. The van der Waals surface area contributed by atoms with E-state index in [4.69, 9.17) is 0 Å². The van der Waals surface area contributed by atoms with E-state index in [1.54, 1.807) is 5.12 Å². The van der Waals surface area contributed by atoms with Crippen LogP contribution >= 0.6 is 0 Å². The van der Waals surface area contributed by atoms with E-state index in [2.05, 4.69) is 9.74 Å². The standard InChI is InChI=1S/C3H9N4S.HI/c1-6-4-5-8(3)7(6)2;/h1-3H3;1H/q+1;/p-1. The number of nitrogens with zero attached hydrogens (tertiary/aromatic N) is 4. The fraction of sp³-hybridized carbons (Fsp3) is 1.00.